The molecule has 2 rings (SSSR count). The molecule has 0 bridgehead atoms. The summed E-state index contributed by atoms with van der Waals surface area (Å²) in [5, 5.41) is 9.48. The Hall–Kier alpha value is -1.06. The summed E-state index contributed by atoms with van der Waals surface area (Å²) in [6, 6.07) is 8.14. The molecule has 1 saturated heterocycles. The standard InChI is InChI=1S/C15H23NO2/c1-12(17)14-5-7-15(8-6-14)16(2)10-13-4-3-9-18-11-13/h5-8,12-13,17H,3-4,9-11H2,1-2H3/t12-,13?/m0/s1. The first-order valence-electron chi connectivity index (χ1n) is 6.73. The summed E-state index contributed by atoms with van der Waals surface area (Å²) in [7, 11) is 2.12. The van der Waals surface area contributed by atoms with Crippen LogP contribution in [0.15, 0.2) is 24.3 Å². The van der Waals surface area contributed by atoms with E-state index in [9.17, 15) is 5.11 Å². The minimum absolute atomic E-state index is 0.392. The number of anilines is 1. The Kier molecular flexibility index (Phi) is 4.61. The highest BCUT2D eigenvalue weighted by Crippen LogP contribution is 2.21. The predicted octanol–water partition coefficient (Wildman–Crippen LogP) is 2.60. The smallest absolute Gasteiger partial charge is 0.0761 e. The van der Waals surface area contributed by atoms with E-state index in [-0.39, 0.29) is 0 Å². The number of ether oxygens (including phenoxy) is 1. The van der Waals surface area contributed by atoms with Gasteiger partial charge in [-0.05, 0) is 43.4 Å². The second-order valence-corrected chi connectivity index (χ2v) is 5.23. The van der Waals surface area contributed by atoms with Gasteiger partial charge in [-0.1, -0.05) is 12.1 Å². The Bertz CT molecular complexity index is 355. The van der Waals surface area contributed by atoms with Crippen molar-refractivity contribution in [3.8, 4) is 0 Å². The third kappa shape index (κ3) is 3.47. The highest BCUT2D eigenvalue weighted by atomic mass is 16.5. The molecule has 0 radical (unpaired) electrons. The summed E-state index contributed by atoms with van der Waals surface area (Å²) in [4.78, 5) is 2.27. The van der Waals surface area contributed by atoms with Crippen molar-refractivity contribution in [1.82, 2.24) is 0 Å². The first-order chi connectivity index (χ1) is 8.66. The van der Waals surface area contributed by atoms with Gasteiger partial charge in [0.05, 0.1) is 12.7 Å². The average molecular weight is 249 g/mol. The molecule has 0 aliphatic carbocycles. The topological polar surface area (TPSA) is 32.7 Å². The second kappa shape index (κ2) is 6.21. The Morgan fingerprint density at radius 1 is 1.39 bits per heavy atom. The number of nitrogens with zero attached hydrogens (tertiary/aromatic N) is 1. The van der Waals surface area contributed by atoms with Crippen LogP contribution in [0.25, 0.3) is 0 Å². The molecular weight excluding hydrogens is 226 g/mol. The van der Waals surface area contributed by atoms with E-state index in [1.54, 1.807) is 6.92 Å². The molecule has 3 heteroatoms. The number of rotatable bonds is 4. The molecule has 18 heavy (non-hydrogen) atoms. The van der Waals surface area contributed by atoms with Gasteiger partial charge in [0.25, 0.3) is 0 Å². The maximum Gasteiger partial charge on any atom is 0.0761 e. The highest BCUT2D eigenvalue weighted by Gasteiger charge is 2.16. The van der Waals surface area contributed by atoms with Gasteiger partial charge in [-0.25, -0.2) is 0 Å². The van der Waals surface area contributed by atoms with Gasteiger partial charge in [-0.15, -0.1) is 0 Å². The lowest BCUT2D eigenvalue weighted by Crippen LogP contribution is -2.30. The number of hydrogen-bond acceptors (Lipinski definition) is 3. The first kappa shape index (κ1) is 13.4. The number of aliphatic hydroxyl groups is 1. The molecule has 1 aromatic rings. The van der Waals surface area contributed by atoms with E-state index >= 15 is 0 Å². The highest BCUT2D eigenvalue weighted by molar-refractivity contribution is 5.47. The number of benzene rings is 1. The SMILES string of the molecule is C[C@H](O)c1ccc(N(C)CC2CCCOC2)cc1. The van der Waals surface area contributed by atoms with Crippen LogP contribution in [0.2, 0.25) is 0 Å². The monoisotopic (exact) mass is 249 g/mol. The lowest BCUT2D eigenvalue weighted by molar-refractivity contribution is 0.0576. The number of hydrogen-bond donors (Lipinski definition) is 1. The summed E-state index contributed by atoms with van der Waals surface area (Å²) >= 11 is 0. The van der Waals surface area contributed by atoms with E-state index in [4.69, 9.17) is 4.74 Å². The van der Waals surface area contributed by atoms with Gasteiger partial charge >= 0.3 is 0 Å². The molecule has 3 nitrogen and oxygen atoms in total. The third-order valence-electron chi connectivity index (χ3n) is 3.60. The Balaban J connectivity index is 1.93. The van der Waals surface area contributed by atoms with Crippen molar-refractivity contribution in [1.29, 1.82) is 0 Å². The zero-order chi connectivity index (χ0) is 13.0. The summed E-state index contributed by atoms with van der Waals surface area (Å²) in [6.07, 6.45) is 2.05. The van der Waals surface area contributed by atoms with E-state index in [1.807, 2.05) is 12.1 Å². The van der Waals surface area contributed by atoms with E-state index in [0.717, 1.165) is 25.3 Å². The van der Waals surface area contributed by atoms with E-state index in [0.29, 0.717) is 5.92 Å². The summed E-state index contributed by atoms with van der Waals surface area (Å²) in [5.41, 5.74) is 2.16. The minimum atomic E-state index is -0.392. The van der Waals surface area contributed by atoms with Crippen molar-refractivity contribution >= 4 is 5.69 Å². The van der Waals surface area contributed by atoms with Crippen molar-refractivity contribution in [3.05, 3.63) is 29.8 Å². The van der Waals surface area contributed by atoms with Crippen molar-refractivity contribution in [2.75, 3.05) is 31.7 Å². The lowest BCUT2D eigenvalue weighted by atomic mass is 10.0. The van der Waals surface area contributed by atoms with Gasteiger partial charge in [0.2, 0.25) is 0 Å². The number of aliphatic hydroxyl groups excluding tert-OH is 1. The molecule has 1 fully saturated rings. The van der Waals surface area contributed by atoms with Crippen molar-refractivity contribution in [2.45, 2.75) is 25.9 Å². The molecule has 2 atom stereocenters. The van der Waals surface area contributed by atoms with Crippen LogP contribution >= 0.6 is 0 Å². The fourth-order valence-electron chi connectivity index (χ4n) is 2.45. The van der Waals surface area contributed by atoms with Crippen molar-refractivity contribution in [3.63, 3.8) is 0 Å². The Labute approximate surface area is 109 Å². The van der Waals surface area contributed by atoms with Crippen LogP contribution < -0.4 is 4.90 Å². The van der Waals surface area contributed by atoms with Gasteiger partial charge in [0.15, 0.2) is 0 Å². The van der Waals surface area contributed by atoms with Crippen LogP contribution in [0.4, 0.5) is 5.69 Å². The quantitative estimate of drug-likeness (QED) is 0.890. The predicted molar refractivity (Wildman–Crippen MR) is 73.9 cm³/mol. The maximum absolute atomic E-state index is 9.48. The molecule has 1 N–H and O–H groups in total. The molecule has 1 unspecified atom stereocenters. The average Bonchev–Trinajstić information content (AvgIpc) is 2.40. The molecular formula is C15H23NO2. The summed E-state index contributed by atoms with van der Waals surface area (Å²) in [6.45, 7) is 4.63. The molecule has 1 heterocycles. The summed E-state index contributed by atoms with van der Waals surface area (Å²) in [5.74, 6) is 0.639. The van der Waals surface area contributed by atoms with Crippen molar-refractivity contribution in [2.24, 2.45) is 5.92 Å². The van der Waals surface area contributed by atoms with Gasteiger partial charge in [0.1, 0.15) is 0 Å². The molecule has 0 aromatic heterocycles. The third-order valence-corrected chi connectivity index (χ3v) is 3.60. The van der Waals surface area contributed by atoms with Crippen LogP contribution in [0, 0.1) is 5.92 Å². The van der Waals surface area contributed by atoms with E-state index in [2.05, 4.69) is 24.1 Å². The lowest BCUT2D eigenvalue weighted by Gasteiger charge is -2.28. The van der Waals surface area contributed by atoms with Gasteiger partial charge in [-0.2, -0.15) is 0 Å². The molecule has 1 aliphatic heterocycles. The van der Waals surface area contributed by atoms with Crippen LogP contribution in [0.1, 0.15) is 31.4 Å². The fraction of sp³-hybridized carbons (Fsp3) is 0.600. The van der Waals surface area contributed by atoms with E-state index in [1.165, 1.54) is 18.5 Å². The largest absolute Gasteiger partial charge is 0.389 e. The van der Waals surface area contributed by atoms with E-state index < -0.39 is 6.10 Å². The van der Waals surface area contributed by atoms with Crippen LogP contribution in [-0.2, 0) is 4.74 Å². The molecule has 1 aromatic carbocycles. The molecule has 0 saturated carbocycles. The Morgan fingerprint density at radius 3 is 2.67 bits per heavy atom. The van der Waals surface area contributed by atoms with Crippen LogP contribution in [-0.4, -0.2) is 31.9 Å². The normalized spacial score (nSPS) is 21.6. The first-order valence-corrected chi connectivity index (χ1v) is 6.73. The molecule has 1 aliphatic rings. The zero-order valence-electron chi connectivity index (χ0n) is 11.3. The van der Waals surface area contributed by atoms with Crippen LogP contribution in [0.3, 0.4) is 0 Å². The van der Waals surface area contributed by atoms with Crippen molar-refractivity contribution < 1.29 is 9.84 Å². The summed E-state index contributed by atoms with van der Waals surface area (Å²) < 4.78 is 5.51. The molecule has 0 amide bonds. The molecule has 0 spiro atoms. The molecule has 100 valence electrons. The zero-order valence-corrected chi connectivity index (χ0v) is 11.3. The van der Waals surface area contributed by atoms with Gasteiger partial charge in [0, 0.05) is 25.9 Å². The minimum Gasteiger partial charge on any atom is -0.389 e. The Morgan fingerprint density at radius 2 is 2.11 bits per heavy atom. The van der Waals surface area contributed by atoms with Crippen LogP contribution in [0.5, 0.6) is 0 Å². The fourth-order valence-corrected chi connectivity index (χ4v) is 2.45. The van der Waals surface area contributed by atoms with Gasteiger partial charge in [-0.3, -0.25) is 0 Å². The second-order valence-electron chi connectivity index (χ2n) is 5.23. The maximum atomic E-state index is 9.48. The van der Waals surface area contributed by atoms with Gasteiger partial charge < -0.3 is 14.7 Å².